The number of esters is 1. The zero-order valence-electron chi connectivity index (χ0n) is 31.6. The average molecular weight is 718 g/mol. The second-order valence-corrected chi connectivity index (χ2v) is 15.5. The van der Waals surface area contributed by atoms with E-state index >= 15 is 0 Å². The van der Waals surface area contributed by atoms with Crippen LogP contribution in [0.2, 0.25) is 0 Å². The highest BCUT2D eigenvalue weighted by atomic mass is 35.5. The molecular formula is C46H54ClN2O3+. The zero-order valence-corrected chi connectivity index (χ0v) is 32.3. The van der Waals surface area contributed by atoms with Crippen molar-refractivity contribution >= 4 is 34.7 Å². The highest BCUT2D eigenvalue weighted by Crippen LogP contribution is 2.47. The number of hydrogen-bond donors (Lipinski definition) is 0. The Bertz CT molecular complexity index is 1910. The van der Waals surface area contributed by atoms with E-state index in [1.165, 1.54) is 33.8 Å². The topological polar surface area (TPSA) is 41.8 Å². The number of unbranched alkanes of at least 4 members (excludes halogenated alkanes) is 2. The molecule has 2 aliphatic heterocycles. The van der Waals surface area contributed by atoms with Crippen molar-refractivity contribution in [3.63, 3.8) is 0 Å². The van der Waals surface area contributed by atoms with Crippen LogP contribution in [0.25, 0.3) is 0 Å². The smallest absolute Gasteiger partial charge is 0.311 e. The van der Waals surface area contributed by atoms with Crippen molar-refractivity contribution in [2.45, 2.75) is 90.4 Å². The molecule has 0 amide bonds. The normalized spacial score (nSPS) is 18.8. The Morgan fingerprint density at radius 3 is 2.42 bits per heavy atom. The summed E-state index contributed by atoms with van der Waals surface area (Å²) >= 11 is 7.22. The Morgan fingerprint density at radius 1 is 0.904 bits per heavy atom. The van der Waals surface area contributed by atoms with Gasteiger partial charge in [0.05, 0.1) is 17.7 Å². The Hall–Kier alpha value is -4.15. The maximum Gasteiger partial charge on any atom is 0.311 e. The molecule has 0 saturated heterocycles. The van der Waals surface area contributed by atoms with E-state index in [-0.39, 0.29) is 22.7 Å². The van der Waals surface area contributed by atoms with E-state index in [9.17, 15) is 4.79 Å². The third-order valence-corrected chi connectivity index (χ3v) is 11.4. The second-order valence-electron chi connectivity index (χ2n) is 15.1. The number of anilines is 1. The Balaban J connectivity index is 1.10. The highest BCUT2D eigenvalue weighted by Gasteiger charge is 2.43. The number of fused-ring (bicyclic) bond motifs is 2. The van der Waals surface area contributed by atoms with Gasteiger partial charge >= 0.3 is 5.97 Å². The highest BCUT2D eigenvalue weighted by molar-refractivity contribution is 6.30. The van der Waals surface area contributed by atoms with E-state index in [4.69, 9.17) is 21.1 Å². The van der Waals surface area contributed by atoms with Crippen molar-refractivity contribution in [2.75, 3.05) is 31.2 Å². The van der Waals surface area contributed by atoms with Crippen molar-refractivity contribution in [3.05, 3.63) is 130 Å². The van der Waals surface area contributed by atoms with Gasteiger partial charge in [-0.1, -0.05) is 78.7 Å². The molecule has 0 aromatic heterocycles. The molecule has 0 fully saturated rings. The summed E-state index contributed by atoms with van der Waals surface area (Å²) in [6.07, 6.45) is 12.9. The summed E-state index contributed by atoms with van der Waals surface area (Å²) in [4.78, 5) is 14.5. The van der Waals surface area contributed by atoms with Gasteiger partial charge in [0.1, 0.15) is 12.3 Å². The van der Waals surface area contributed by atoms with Crippen LogP contribution >= 0.6 is 11.6 Å². The summed E-state index contributed by atoms with van der Waals surface area (Å²) < 4.78 is 14.0. The molecule has 3 aliphatic rings. The minimum absolute atomic E-state index is 0.0662. The number of nitrogens with zero attached hydrogens (tertiary/aromatic N) is 2. The molecule has 0 saturated carbocycles. The van der Waals surface area contributed by atoms with Crippen LogP contribution in [0.5, 0.6) is 5.75 Å². The Morgan fingerprint density at radius 2 is 1.63 bits per heavy atom. The molecule has 1 atom stereocenters. The largest absolute Gasteiger partial charge is 0.427 e. The van der Waals surface area contributed by atoms with Gasteiger partial charge in [-0.3, -0.25) is 4.79 Å². The summed E-state index contributed by atoms with van der Waals surface area (Å²) in [5.74, 6) is 0.542. The van der Waals surface area contributed by atoms with Gasteiger partial charge in [0.15, 0.2) is 5.71 Å². The summed E-state index contributed by atoms with van der Waals surface area (Å²) in [7, 11) is 0. The molecule has 2 heterocycles. The van der Waals surface area contributed by atoms with Crippen LogP contribution in [0.1, 0.15) is 90.7 Å². The molecule has 0 bridgehead atoms. The minimum Gasteiger partial charge on any atom is -0.427 e. The lowest BCUT2D eigenvalue weighted by Gasteiger charge is -2.26. The van der Waals surface area contributed by atoms with Gasteiger partial charge in [0, 0.05) is 59.3 Å². The number of hydrogen-bond acceptors (Lipinski definition) is 4. The fourth-order valence-electron chi connectivity index (χ4n) is 8.05. The van der Waals surface area contributed by atoms with Crippen molar-refractivity contribution in [3.8, 4) is 5.75 Å². The number of halogens is 1. The molecule has 272 valence electrons. The standard InChI is InChI=1S/C46H54ClN2O3/c1-6-48-39-24-14-12-22-37(39)45(2,3)41(48)29-27-34-18-17-19-35(44(34)47)28-30-42-46(4,5)38-23-13-15-25-40(38)49(42)31-33-51-32-16-8-11-26-43(50)52-36-20-9-7-10-21-36/h7,9-10,12-15,20-25,27-29,35H,6,8,11,16-19,26,31-33H2,1-5H3/q+1/b29-27+. The predicted molar refractivity (Wildman–Crippen MR) is 214 cm³/mol. The number of carbonyl (C=O) groups is 1. The molecule has 6 rings (SSSR count). The van der Waals surface area contributed by atoms with E-state index < -0.39 is 0 Å². The number of rotatable bonds is 14. The van der Waals surface area contributed by atoms with E-state index in [2.05, 4.69) is 117 Å². The molecular weight excluding hydrogens is 664 g/mol. The molecule has 6 heteroatoms. The van der Waals surface area contributed by atoms with Crippen molar-refractivity contribution in [2.24, 2.45) is 5.92 Å². The number of benzene rings is 3. The minimum atomic E-state index is -0.196. The molecule has 3 aromatic carbocycles. The number of carbonyl (C=O) groups excluding carboxylic acids is 1. The summed E-state index contributed by atoms with van der Waals surface area (Å²) in [6.45, 7) is 14.4. The second kappa shape index (κ2) is 16.7. The molecule has 1 aliphatic carbocycles. The van der Waals surface area contributed by atoms with Gasteiger partial charge in [0.2, 0.25) is 5.69 Å². The molecule has 3 aromatic rings. The van der Waals surface area contributed by atoms with Crippen LogP contribution < -0.4 is 9.64 Å². The first-order valence-corrected chi connectivity index (χ1v) is 19.5. The van der Waals surface area contributed by atoms with Crippen molar-refractivity contribution < 1.29 is 18.8 Å². The SMILES string of the molecule is CC[N+]1=C(/C=C/C2=C(Cl)C(C=C=C3N(CCOCCCCCC(=O)Oc4ccccc4)c4ccccc4C3(C)C)CCC2)C(C)(C)c2ccccc21. The van der Waals surface area contributed by atoms with Crippen LogP contribution in [-0.2, 0) is 20.4 Å². The lowest BCUT2D eigenvalue weighted by Crippen LogP contribution is -2.29. The first-order chi connectivity index (χ1) is 25.1. The third-order valence-electron chi connectivity index (χ3n) is 10.9. The monoisotopic (exact) mass is 717 g/mol. The van der Waals surface area contributed by atoms with Gasteiger partial charge in [-0.05, 0) is 102 Å². The predicted octanol–water partition coefficient (Wildman–Crippen LogP) is 11.0. The van der Waals surface area contributed by atoms with Gasteiger partial charge in [-0.25, -0.2) is 0 Å². The lowest BCUT2D eigenvalue weighted by atomic mass is 9.81. The maximum absolute atomic E-state index is 12.1. The average Bonchev–Trinajstić information content (AvgIpc) is 3.50. The number of allylic oxidation sites excluding steroid dienone is 5. The van der Waals surface area contributed by atoms with Crippen LogP contribution in [0.15, 0.2) is 119 Å². The van der Waals surface area contributed by atoms with Gasteiger partial charge in [-0.2, -0.15) is 4.58 Å². The zero-order chi connectivity index (χ0) is 36.7. The maximum atomic E-state index is 12.1. The van der Waals surface area contributed by atoms with Crippen molar-refractivity contribution in [1.29, 1.82) is 0 Å². The lowest BCUT2D eigenvalue weighted by molar-refractivity contribution is -0.433. The van der Waals surface area contributed by atoms with Gasteiger partial charge in [0.25, 0.3) is 0 Å². The van der Waals surface area contributed by atoms with Crippen LogP contribution in [-0.4, -0.2) is 42.6 Å². The molecule has 5 nitrogen and oxygen atoms in total. The summed E-state index contributed by atoms with van der Waals surface area (Å²) in [5, 5.41) is 0.934. The van der Waals surface area contributed by atoms with E-state index in [1.807, 2.05) is 18.2 Å². The summed E-state index contributed by atoms with van der Waals surface area (Å²) in [6, 6.07) is 26.7. The first-order valence-electron chi connectivity index (χ1n) is 19.1. The fourth-order valence-corrected chi connectivity index (χ4v) is 8.38. The molecule has 0 spiro atoms. The van der Waals surface area contributed by atoms with Crippen LogP contribution in [0.4, 0.5) is 11.4 Å². The Labute approximate surface area is 316 Å². The van der Waals surface area contributed by atoms with Crippen LogP contribution in [0.3, 0.4) is 0 Å². The van der Waals surface area contributed by atoms with Crippen LogP contribution in [0, 0.1) is 5.92 Å². The van der Waals surface area contributed by atoms with E-state index in [0.29, 0.717) is 25.4 Å². The third kappa shape index (κ3) is 8.08. The quantitative estimate of drug-likeness (QED) is 0.0547. The number of para-hydroxylation sites is 3. The van der Waals surface area contributed by atoms with Gasteiger partial charge in [-0.15, -0.1) is 5.73 Å². The fraction of sp³-hybridized carbons (Fsp3) is 0.413. The number of ether oxygens (including phenoxy) is 2. The molecule has 0 radical (unpaired) electrons. The van der Waals surface area contributed by atoms with Crippen molar-refractivity contribution in [1.82, 2.24) is 0 Å². The molecule has 52 heavy (non-hydrogen) atoms. The van der Waals surface area contributed by atoms with E-state index in [0.717, 1.165) is 62.3 Å². The Kier molecular flexibility index (Phi) is 12.1. The van der Waals surface area contributed by atoms with E-state index in [1.54, 1.807) is 12.1 Å². The molecule has 0 N–H and O–H groups in total. The first kappa shape index (κ1) is 37.6. The van der Waals surface area contributed by atoms with Gasteiger partial charge < -0.3 is 14.4 Å². The molecule has 1 unspecified atom stereocenters. The summed E-state index contributed by atoms with van der Waals surface area (Å²) in [5.41, 5.74) is 12.4.